The third-order valence-electron chi connectivity index (χ3n) is 3.35. The van der Waals surface area contributed by atoms with E-state index in [1.807, 2.05) is 6.92 Å². The molecule has 2 atom stereocenters. The van der Waals surface area contributed by atoms with Crippen molar-refractivity contribution >= 4 is 11.8 Å². The first-order valence-corrected chi connectivity index (χ1v) is 6.84. The summed E-state index contributed by atoms with van der Waals surface area (Å²) in [6.45, 7) is 1.88. The summed E-state index contributed by atoms with van der Waals surface area (Å²) in [6.07, 6.45) is 3.93. The van der Waals surface area contributed by atoms with Crippen molar-refractivity contribution in [3.05, 3.63) is 5.82 Å². The minimum absolute atomic E-state index is 0.319. The molecule has 2 unspecified atom stereocenters. The second-order valence-electron chi connectivity index (χ2n) is 4.58. The molecule has 1 fully saturated rings. The van der Waals surface area contributed by atoms with Crippen LogP contribution in [0.5, 0.6) is 0 Å². The number of aromatic nitrogens is 3. The largest absolute Gasteiger partial charge is 0.313 e. The molecule has 6 heteroatoms. The molecule has 0 aliphatic heterocycles. The summed E-state index contributed by atoms with van der Waals surface area (Å²) in [4.78, 5) is 4.23. The Balaban J connectivity index is 1.81. The Bertz CT molecular complexity index is 424. The third-order valence-corrected chi connectivity index (χ3v) is 4.23. The smallest absolute Gasteiger partial charge is 0.208 e. The monoisotopic (exact) mass is 251 g/mol. The number of H-pyrrole nitrogens is 1. The molecule has 0 bridgehead atoms. The zero-order valence-electron chi connectivity index (χ0n) is 9.94. The molecular formula is C11H17N5S. The number of hydrogen-bond acceptors (Lipinski definition) is 5. The summed E-state index contributed by atoms with van der Waals surface area (Å²) >= 11 is 1.62. The number of aromatic amines is 1. The number of thioether (sulfide) groups is 1. The van der Waals surface area contributed by atoms with Crippen LogP contribution >= 0.6 is 11.8 Å². The number of nitriles is 1. The number of hydrogen-bond donors (Lipinski definition) is 2. The molecule has 92 valence electrons. The highest BCUT2D eigenvalue weighted by molar-refractivity contribution is 7.99. The summed E-state index contributed by atoms with van der Waals surface area (Å²) in [7, 11) is 0. The lowest BCUT2D eigenvalue weighted by Crippen LogP contribution is -2.41. The van der Waals surface area contributed by atoms with Gasteiger partial charge in [0.05, 0.1) is 6.07 Å². The average Bonchev–Trinajstić information content (AvgIpc) is 2.87. The summed E-state index contributed by atoms with van der Waals surface area (Å²) in [5.41, 5.74) is 5.48. The van der Waals surface area contributed by atoms with Crippen LogP contribution in [0.15, 0.2) is 5.16 Å². The van der Waals surface area contributed by atoms with Gasteiger partial charge >= 0.3 is 0 Å². The first-order valence-electron chi connectivity index (χ1n) is 5.86. The molecule has 5 nitrogen and oxygen atoms in total. The number of aryl methyl sites for hydroxylation is 1. The van der Waals surface area contributed by atoms with Gasteiger partial charge in [-0.15, -0.1) is 5.10 Å². The van der Waals surface area contributed by atoms with Crippen molar-refractivity contribution in [1.29, 1.82) is 5.26 Å². The standard InChI is InChI=1S/C11H17N5S/c1-8-14-10(16-15-8)17-6-4-9-3-2-5-11(9,13)7-12/h9H,2-6,13H2,1H3,(H,14,15,16). The topological polar surface area (TPSA) is 91.4 Å². The SMILES string of the molecule is Cc1nc(SCCC2CCCC2(N)C#N)n[nH]1. The fraction of sp³-hybridized carbons (Fsp3) is 0.727. The Kier molecular flexibility index (Phi) is 3.69. The van der Waals surface area contributed by atoms with Crippen molar-refractivity contribution in [2.75, 3.05) is 5.75 Å². The van der Waals surface area contributed by atoms with Crippen LogP contribution in [0.25, 0.3) is 0 Å². The van der Waals surface area contributed by atoms with E-state index in [4.69, 9.17) is 11.0 Å². The molecule has 3 N–H and O–H groups in total. The van der Waals surface area contributed by atoms with E-state index in [1.165, 1.54) is 0 Å². The number of nitrogens with two attached hydrogens (primary N) is 1. The lowest BCUT2D eigenvalue weighted by molar-refractivity contribution is 0.389. The minimum Gasteiger partial charge on any atom is -0.313 e. The molecule has 0 radical (unpaired) electrons. The van der Waals surface area contributed by atoms with Gasteiger partial charge < -0.3 is 5.73 Å². The van der Waals surface area contributed by atoms with Crippen LogP contribution in [0.3, 0.4) is 0 Å². The number of nitrogens with one attached hydrogen (secondary N) is 1. The van der Waals surface area contributed by atoms with Gasteiger partial charge in [-0.2, -0.15) is 5.26 Å². The van der Waals surface area contributed by atoms with Crippen molar-refractivity contribution in [2.24, 2.45) is 11.7 Å². The maximum Gasteiger partial charge on any atom is 0.208 e. The molecule has 1 heterocycles. The molecule has 2 rings (SSSR count). The van der Waals surface area contributed by atoms with E-state index in [1.54, 1.807) is 11.8 Å². The van der Waals surface area contributed by atoms with Gasteiger partial charge in [0.25, 0.3) is 0 Å². The van der Waals surface area contributed by atoms with Gasteiger partial charge in [-0.05, 0) is 32.1 Å². The van der Waals surface area contributed by atoms with E-state index in [0.717, 1.165) is 42.4 Å². The molecule has 1 aliphatic carbocycles. The molecule has 1 saturated carbocycles. The van der Waals surface area contributed by atoms with Crippen LogP contribution in [-0.4, -0.2) is 26.5 Å². The fourth-order valence-corrected chi connectivity index (χ4v) is 3.23. The first-order chi connectivity index (χ1) is 8.14. The van der Waals surface area contributed by atoms with Gasteiger partial charge in [0.1, 0.15) is 11.4 Å². The van der Waals surface area contributed by atoms with Crippen LogP contribution in [-0.2, 0) is 0 Å². The molecule has 1 aromatic rings. The number of rotatable bonds is 4. The Morgan fingerprint density at radius 2 is 2.53 bits per heavy atom. The normalized spacial score (nSPS) is 28.2. The van der Waals surface area contributed by atoms with E-state index < -0.39 is 5.54 Å². The second-order valence-corrected chi connectivity index (χ2v) is 5.64. The van der Waals surface area contributed by atoms with Crippen LogP contribution in [0.2, 0.25) is 0 Å². The molecule has 1 aromatic heterocycles. The van der Waals surface area contributed by atoms with Crippen molar-refractivity contribution in [3.63, 3.8) is 0 Å². The van der Waals surface area contributed by atoms with Crippen LogP contribution < -0.4 is 5.73 Å². The van der Waals surface area contributed by atoms with Crippen LogP contribution in [0.4, 0.5) is 0 Å². The fourth-order valence-electron chi connectivity index (χ4n) is 2.33. The van der Waals surface area contributed by atoms with Gasteiger partial charge in [-0.3, -0.25) is 5.10 Å². The Hall–Kier alpha value is -1.06. The van der Waals surface area contributed by atoms with Gasteiger partial charge in [0, 0.05) is 5.75 Å². The summed E-state index contributed by atoms with van der Waals surface area (Å²) in [6, 6.07) is 2.27. The summed E-state index contributed by atoms with van der Waals surface area (Å²) in [5.74, 6) is 2.07. The number of nitrogens with zero attached hydrogens (tertiary/aromatic N) is 3. The summed E-state index contributed by atoms with van der Waals surface area (Å²) in [5, 5.41) is 16.8. The molecule has 17 heavy (non-hydrogen) atoms. The maximum absolute atomic E-state index is 9.10. The van der Waals surface area contributed by atoms with Gasteiger partial charge in [-0.1, -0.05) is 18.2 Å². The quantitative estimate of drug-likeness (QED) is 0.793. The van der Waals surface area contributed by atoms with E-state index in [2.05, 4.69) is 21.3 Å². The van der Waals surface area contributed by atoms with E-state index in [0.29, 0.717) is 5.92 Å². The van der Waals surface area contributed by atoms with E-state index >= 15 is 0 Å². The highest BCUT2D eigenvalue weighted by Gasteiger charge is 2.39. The molecule has 1 aliphatic rings. The molecule has 0 aromatic carbocycles. The lowest BCUT2D eigenvalue weighted by Gasteiger charge is -2.23. The second kappa shape index (κ2) is 5.07. The zero-order chi connectivity index (χ0) is 12.3. The zero-order valence-corrected chi connectivity index (χ0v) is 10.8. The van der Waals surface area contributed by atoms with Crippen molar-refractivity contribution in [3.8, 4) is 6.07 Å². The Morgan fingerprint density at radius 3 is 3.18 bits per heavy atom. The molecule has 0 saturated heterocycles. The molecular weight excluding hydrogens is 234 g/mol. The van der Waals surface area contributed by atoms with Gasteiger partial charge in [-0.25, -0.2) is 4.98 Å². The maximum atomic E-state index is 9.10. The van der Waals surface area contributed by atoms with Crippen LogP contribution in [0.1, 0.15) is 31.5 Å². The predicted molar refractivity (Wildman–Crippen MR) is 66.3 cm³/mol. The van der Waals surface area contributed by atoms with E-state index in [-0.39, 0.29) is 0 Å². The lowest BCUT2D eigenvalue weighted by atomic mass is 9.88. The average molecular weight is 251 g/mol. The van der Waals surface area contributed by atoms with Crippen molar-refractivity contribution < 1.29 is 0 Å². The molecule has 0 spiro atoms. The Labute approximate surface area is 105 Å². The predicted octanol–water partition coefficient (Wildman–Crippen LogP) is 1.62. The van der Waals surface area contributed by atoms with Crippen molar-refractivity contribution in [1.82, 2.24) is 15.2 Å². The summed E-state index contributed by atoms with van der Waals surface area (Å²) < 4.78 is 0. The van der Waals surface area contributed by atoms with Crippen LogP contribution in [0, 0.1) is 24.2 Å². The van der Waals surface area contributed by atoms with Gasteiger partial charge in [0.2, 0.25) is 5.16 Å². The highest BCUT2D eigenvalue weighted by atomic mass is 32.2. The van der Waals surface area contributed by atoms with Gasteiger partial charge in [0.15, 0.2) is 0 Å². The first kappa shape index (κ1) is 12.4. The van der Waals surface area contributed by atoms with E-state index in [9.17, 15) is 0 Å². The minimum atomic E-state index is -0.602. The third kappa shape index (κ3) is 2.79. The highest BCUT2D eigenvalue weighted by Crippen LogP contribution is 2.36. The molecule has 0 amide bonds. The Morgan fingerprint density at radius 1 is 1.71 bits per heavy atom. The van der Waals surface area contributed by atoms with Crippen molar-refractivity contribution in [2.45, 2.75) is 43.3 Å².